The summed E-state index contributed by atoms with van der Waals surface area (Å²) >= 11 is 3.12. The highest BCUT2D eigenvalue weighted by Crippen LogP contribution is 2.25. The van der Waals surface area contributed by atoms with Crippen molar-refractivity contribution in [3.05, 3.63) is 28.5 Å². The Bertz CT molecular complexity index is 446. The van der Waals surface area contributed by atoms with E-state index in [-0.39, 0.29) is 24.8 Å². The van der Waals surface area contributed by atoms with Gasteiger partial charge in [0.05, 0.1) is 17.0 Å². The van der Waals surface area contributed by atoms with Crippen LogP contribution in [0.2, 0.25) is 0 Å². The van der Waals surface area contributed by atoms with Crippen molar-refractivity contribution in [3.63, 3.8) is 0 Å². The van der Waals surface area contributed by atoms with Crippen molar-refractivity contribution < 1.29 is 13.9 Å². The van der Waals surface area contributed by atoms with E-state index in [2.05, 4.69) is 21.2 Å². The Morgan fingerprint density at radius 1 is 1.59 bits per heavy atom. The van der Waals surface area contributed by atoms with E-state index in [9.17, 15) is 9.18 Å². The number of amides is 1. The molecule has 0 aliphatic rings. The Morgan fingerprint density at radius 3 is 3.00 bits per heavy atom. The maximum atomic E-state index is 12.8. The van der Waals surface area contributed by atoms with Crippen molar-refractivity contribution in [1.29, 1.82) is 5.26 Å². The second-order valence-corrected chi connectivity index (χ2v) is 3.98. The molecule has 0 fully saturated rings. The third kappa shape index (κ3) is 4.83. The van der Waals surface area contributed by atoms with Gasteiger partial charge in [0.15, 0.2) is 6.61 Å². The standard InChI is InChI=1S/C11H10BrFN2O2/c12-9-6-8(13)2-3-10(9)17-7-11(16)15-5-1-4-14/h2-3,6H,1,5,7H2,(H,15,16). The number of carbonyl (C=O) groups is 1. The summed E-state index contributed by atoms with van der Waals surface area (Å²) in [6.07, 6.45) is 0.256. The molecule has 0 aliphatic carbocycles. The van der Waals surface area contributed by atoms with Crippen LogP contribution in [0.25, 0.3) is 0 Å². The average molecular weight is 301 g/mol. The highest BCUT2D eigenvalue weighted by Gasteiger charge is 2.05. The zero-order chi connectivity index (χ0) is 12.7. The van der Waals surface area contributed by atoms with E-state index in [1.165, 1.54) is 18.2 Å². The van der Waals surface area contributed by atoms with E-state index in [1.807, 2.05) is 6.07 Å². The van der Waals surface area contributed by atoms with Crippen molar-refractivity contribution in [2.45, 2.75) is 6.42 Å². The Hall–Kier alpha value is -1.61. The van der Waals surface area contributed by atoms with Crippen LogP contribution < -0.4 is 10.1 Å². The first-order valence-corrected chi connectivity index (χ1v) is 5.64. The molecule has 1 rings (SSSR count). The van der Waals surface area contributed by atoms with Gasteiger partial charge < -0.3 is 10.1 Å². The number of hydrogen-bond acceptors (Lipinski definition) is 3. The molecule has 0 atom stereocenters. The largest absolute Gasteiger partial charge is 0.483 e. The Morgan fingerprint density at radius 2 is 2.35 bits per heavy atom. The molecule has 1 N–H and O–H groups in total. The SMILES string of the molecule is N#CCCNC(=O)COc1ccc(F)cc1Br. The van der Waals surface area contributed by atoms with Crippen LogP contribution in [-0.4, -0.2) is 19.1 Å². The summed E-state index contributed by atoms with van der Waals surface area (Å²) in [5, 5.41) is 10.8. The van der Waals surface area contributed by atoms with E-state index >= 15 is 0 Å². The van der Waals surface area contributed by atoms with Crippen LogP contribution in [0, 0.1) is 17.1 Å². The second kappa shape index (κ2) is 6.86. The molecule has 0 aliphatic heterocycles. The Kier molecular flexibility index (Phi) is 5.43. The zero-order valence-corrected chi connectivity index (χ0v) is 10.5. The molecule has 0 heterocycles. The molecule has 0 unspecified atom stereocenters. The summed E-state index contributed by atoms with van der Waals surface area (Å²) in [5.74, 6) is -0.319. The summed E-state index contributed by atoms with van der Waals surface area (Å²) in [4.78, 5) is 11.2. The van der Waals surface area contributed by atoms with Gasteiger partial charge in [0, 0.05) is 6.54 Å². The number of benzene rings is 1. The summed E-state index contributed by atoms with van der Waals surface area (Å²) < 4.78 is 18.4. The van der Waals surface area contributed by atoms with Gasteiger partial charge in [-0.2, -0.15) is 5.26 Å². The molecule has 0 aromatic heterocycles. The van der Waals surface area contributed by atoms with Gasteiger partial charge in [-0.05, 0) is 34.1 Å². The lowest BCUT2D eigenvalue weighted by Gasteiger charge is -2.07. The van der Waals surface area contributed by atoms with Crippen LogP contribution >= 0.6 is 15.9 Å². The van der Waals surface area contributed by atoms with Crippen LogP contribution in [0.15, 0.2) is 22.7 Å². The number of halogens is 2. The van der Waals surface area contributed by atoms with Gasteiger partial charge in [-0.1, -0.05) is 0 Å². The lowest BCUT2D eigenvalue weighted by molar-refractivity contribution is -0.123. The maximum Gasteiger partial charge on any atom is 0.257 e. The van der Waals surface area contributed by atoms with Crippen LogP contribution in [0.3, 0.4) is 0 Å². The summed E-state index contributed by atoms with van der Waals surface area (Å²) in [7, 11) is 0. The fourth-order valence-electron chi connectivity index (χ4n) is 1.04. The van der Waals surface area contributed by atoms with Crippen molar-refractivity contribution in [3.8, 4) is 11.8 Å². The molecule has 0 bridgehead atoms. The molecule has 4 nitrogen and oxygen atoms in total. The maximum absolute atomic E-state index is 12.8. The number of hydrogen-bond donors (Lipinski definition) is 1. The first kappa shape index (κ1) is 13.5. The van der Waals surface area contributed by atoms with Crippen molar-refractivity contribution in [2.24, 2.45) is 0 Å². The second-order valence-electron chi connectivity index (χ2n) is 3.12. The van der Waals surface area contributed by atoms with Crippen molar-refractivity contribution >= 4 is 21.8 Å². The van der Waals surface area contributed by atoms with Gasteiger partial charge in [0.25, 0.3) is 5.91 Å². The van der Waals surface area contributed by atoms with E-state index in [1.54, 1.807) is 0 Å². The van der Waals surface area contributed by atoms with Gasteiger partial charge in [0.2, 0.25) is 0 Å². The van der Waals surface area contributed by atoms with E-state index in [4.69, 9.17) is 10.00 Å². The van der Waals surface area contributed by atoms with E-state index in [0.717, 1.165) is 0 Å². The smallest absolute Gasteiger partial charge is 0.257 e. The fourth-order valence-corrected chi connectivity index (χ4v) is 1.51. The van der Waals surface area contributed by atoms with Crippen molar-refractivity contribution in [2.75, 3.05) is 13.2 Å². The summed E-state index contributed by atoms with van der Waals surface area (Å²) in [5.41, 5.74) is 0. The normalized spacial score (nSPS) is 9.47. The van der Waals surface area contributed by atoms with E-state index in [0.29, 0.717) is 16.8 Å². The highest BCUT2D eigenvalue weighted by atomic mass is 79.9. The third-order valence-corrected chi connectivity index (χ3v) is 2.43. The lowest BCUT2D eigenvalue weighted by Crippen LogP contribution is -2.29. The van der Waals surface area contributed by atoms with Crippen LogP contribution in [0.5, 0.6) is 5.75 Å². The molecule has 0 saturated carbocycles. The van der Waals surface area contributed by atoms with Crippen LogP contribution in [-0.2, 0) is 4.79 Å². The Labute approximate surface area is 107 Å². The number of rotatable bonds is 5. The summed E-state index contributed by atoms with van der Waals surface area (Å²) in [6, 6.07) is 5.84. The van der Waals surface area contributed by atoms with Gasteiger partial charge in [-0.25, -0.2) is 4.39 Å². The average Bonchev–Trinajstić information content (AvgIpc) is 2.28. The zero-order valence-electron chi connectivity index (χ0n) is 8.87. The number of carbonyl (C=O) groups excluding carboxylic acids is 1. The molecule has 0 saturated heterocycles. The predicted octanol–water partition coefficient (Wildman–Crippen LogP) is 2.00. The van der Waals surface area contributed by atoms with Crippen LogP contribution in [0.1, 0.15) is 6.42 Å². The number of nitrogens with one attached hydrogen (secondary N) is 1. The molecule has 1 aromatic carbocycles. The quantitative estimate of drug-likeness (QED) is 0.846. The first-order chi connectivity index (χ1) is 8.13. The fraction of sp³-hybridized carbons (Fsp3) is 0.273. The van der Waals surface area contributed by atoms with E-state index < -0.39 is 0 Å². The minimum atomic E-state index is -0.386. The molecule has 90 valence electrons. The first-order valence-electron chi connectivity index (χ1n) is 4.85. The minimum Gasteiger partial charge on any atom is -0.483 e. The monoisotopic (exact) mass is 300 g/mol. The lowest BCUT2D eigenvalue weighted by atomic mass is 10.3. The van der Waals surface area contributed by atoms with Crippen LogP contribution in [0.4, 0.5) is 4.39 Å². The van der Waals surface area contributed by atoms with Gasteiger partial charge in [-0.15, -0.1) is 0 Å². The molecule has 17 heavy (non-hydrogen) atoms. The van der Waals surface area contributed by atoms with Gasteiger partial charge >= 0.3 is 0 Å². The van der Waals surface area contributed by atoms with Gasteiger partial charge in [0.1, 0.15) is 11.6 Å². The summed E-state index contributed by atoms with van der Waals surface area (Å²) in [6.45, 7) is 0.124. The topological polar surface area (TPSA) is 62.1 Å². The number of ether oxygens (including phenoxy) is 1. The highest BCUT2D eigenvalue weighted by molar-refractivity contribution is 9.10. The Balaban J connectivity index is 2.40. The molecule has 1 amide bonds. The molecular weight excluding hydrogens is 291 g/mol. The predicted molar refractivity (Wildman–Crippen MR) is 62.8 cm³/mol. The molecule has 0 spiro atoms. The molecule has 1 aromatic rings. The van der Waals surface area contributed by atoms with Gasteiger partial charge in [-0.3, -0.25) is 4.79 Å². The number of nitriles is 1. The molecular formula is C11H10BrFN2O2. The van der Waals surface area contributed by atoms with Crippen molar-refractivity contribution in [1.82, 2.24) is 5.32 Å². The third-order valence-electron chi connectivity index (χ3n) is 1.81. The number of nitrogens with zero attached hydrogens (tertiary/aromatic N) is 1. The molecule has 0 radical (unpaired) electrons. The molecule has 6 heteroatoms. The minimum absolute atomic E-state index is 0.171.